The molecule has 0 unspecified atom stereocenters. The van der Waals surface area contributed by atoms with E-state index in [1.807, 2.05) is 0 Å². The Morgan fingerprint density at radius 1 is 2.00 bits per heavy atom. The van der Waals surface area contributed by atoms with Crippen molar-refractivity contribution in [2.45, 2.75) is 0 Å². The van der Waals surface area contributed by atoms with Gasteiger partial charge >= 0.3 is 0 Å². The third-order valence-electron chi connectivity index (χ3n) is 0.167. The molecule has 0 aromatic heterocycles. The Hall–Kier alpha value is -0.0831. The Labute approximate surface area is 28.4 Å². The van der Waals surface area contributed by atoms with E-state index in [4.69, 9.17) is 5.40 Å². The highest BCUT2D eigenvalue weighted by Gasteiger charge is 1.47. The first-order valence-electron chi connectivity index (χ1n) is 1.22. The maximum absolute atomic E-state index is 5.05. The van der Waals surface area contributed by atoms with Crippen molar-refractivity contribution < 1.29 is 0 Å². The van der Waals surface area contributed by atoms with Gasteiger partial charge in [0, 0.05) is 0 Å². The molecule has 0 saturated heterocycles. The van der Waals surface area contributed by atoms with Crippen molar-refractivity contribution in [1.82, 2.24) is 0 Å². The number of hydrogen-bond acceptors (Lipinski definition) is 1. The predicted molar refractivity (Wildman–Crippen MR) is 22.9 cm³/mol. The van der Waals surface area contributed by atoms with Crippen molar-refractivity contribution >= 4 is 9.68 Å². The number of hydrogen-bond donors (Lipinski definition) is 1. The molecular weight excluding hydrogens is 66.1 g/mol. The minimum absolute atomic E-state index is 0.312. The Kier molecular flexibility index (Phi) is 2.86. The van der Waals surface area contributed by atoms with Gasteiger partial charge in [-0.3, -0.25) is 0 Å². The molecule has 0 saturated carbocycles. The number of rotatable bonds is 1. The SMILES string of the molecule is C=C[SiH2]N. The van der Waals surface area contributed by atoms with Crippen LogP contribution in [0.15, 0.2) is 12.3 Å². The summed E-state index contributed by atoms with van der Waals surface area (Å²) < 4.78 is 0. The summed E-state index contributed by atoms with van der Waals surface area (Å²) in [6, 6.07) is 0. The van der Waals surface area contributed by atoms with Crippen LogP contribution in [0.1, 0.15) is 0 Å². The first kappa shape index (κ1) is 3.92. The maximum Gasteiger partial charge on any atom is 0.113 e. The van der Waals surface area contributed by atoms with Gasteiger partial charge in [-0.15, -0.1) is 6.58 Å². The molecule has 0 aromatic carbocycles. The van der Waals surface area contributed by atoms with Crippen LogP contribution in [0.3, 0.4) is 0 Å². The highest BCUT2D eigenvalue weighted by molar-refractivity contribution is 6.37. The zero-order valence-corrected chi connectivity index (χ0v) is 3.98. The quantitative estimate of drug-likeness (QED) is 0.403. The van der Waals surface area contributed by atoms with Gasteiger partial charge in [0.2, 0.25) is 0 Å². The average molecular weight is 73.2 g/mol. The first-order chi connectivity index (χ1) is 1.91. The molecule has 1 nitrogen and oxygen atoms in total. The van der Waals surface area contributed by atoms with Gasteiger partial charge < -0.3 is 5.40 Å². The standard InChI is InChI=1S/C2H7NSi/c1-2-4-3/h2H,1,3-4H2. The van der Waals surface area contributed by atoms with Crippen LogP contribution in [0.2, 0.25) is 0 Å². The molecule has 0 aliphatic heterocycles. The van der Waals surface area contributed by atoms with Crippen LogP contribution in [0.25, 0.3) is 0 Å². The first-order valence-corrected chi connectivity index (χ1v) is 2.86. The molecule has 0 rings (SSSR count). The van der Waals surface area contributed by atoms with E-state index in [0.717, 1.165) is 0 Å². The molecule has 0 bridgehead atoms. The van der Waals surface area contributed by atoms with Crippen molar-refractivity contribution in [2.75, 3.05) is 0 Å². The van der Waals surface area contributed by atoms with Gasteiger partial charge in [-0.1, -0.05) is 5.70 Å². The van der Waals surface area contributed by atoms with Gasteiger partial charge in [-0.05, 0) is 0 Å². The lowest BCUT2D eigenvalue weighted by molar-refractivity contribution is 1.93. The van der Waals surface area contributed by atoms with E-state index in [9.17, 15) is 0 Å². The molecule has 0 aromatic rings. The van der Waals surface area contributed by atoms with Gasteiger partial charge in [0.1, 0.15) is 9.68 Å². The minimum Gasteiger partial charge on any atom is -0.353 e. The molecule has 0 aliphatic rings. The lowest BCUT2D eigenvalue weighted by Crippen LogP contribution is -1.97. The van der Waals surface area contributed by atoms with E-state index in [1.165, 1.54) is 0 Å². The normalized spacial score (nSPS) is 9.25. The Morgan fingerprint density at radius 3 is 2.25 bits per heavy atom. The second-order valence-electron chi connectivity index (χ2n) is 0.524. The Morgan fingerprint density at radius 2 is 2.25 bits per heavy atom. The summed E-state index contributed by atoms with van der Waals surface area (Å²) in [5.74, 6) is 0. The summed E-state index contributed by atoms with van der Waals surface area (Å²) >= 11 is 0. The molecule has 0 amide bonds. The molecule has 0 spiro atoms. The van der Waals surface area contributed by atoms with E-state index < -0.39 is 0 Å². The molecule has 2 N–H and O–H groups in total. The third-order valence-corrected chi connectivity index (χ3v) is 0.500. The van der Waals surface area contributed by atoms with E-state index in [-0.39, 0.29) is 9.68 Å². The van der Waals surface area contributed by atoms with E-state index in [2.05, 4.69) is 6.58 Å². The van der Waals surface area contributed by atoms with E-state index in [0.29, 0.717) is 0 Å². The van der Waals surface area contributed by atoms with Crippen LogP contribution >= 0.6 is 0 Å². The lowest BCUT2D eigenvalue weighted by Gasteiger charge is -1.58. The van der Waals surface area contributed by atoms with Gasteiger partial charge in [0.05, 0.1) is 0 Å². The second-order valence-corrected chi connectivity index (χ2v) is 1.57. The van der Waals surface area contributed by atoms with Gasteiger partial charge in [-0.2, -0.15) is 0 Å². The lowest BCUT2D eigenvalue weighted by atomic mass is 11.3. The predicted octanol–water partition coefficient (Wildman–Crippen LogP) is -0.828. The van der Waals surface area contributed by atoms with Crippen molar-refractivity contribution in [3.8, 4) is 0 Å². The van der Waals surface area contributed by atoms with Crippen LogP contribution < -0.4 is 5.40 Å². The van der Waals surface area contributed by atoms with Crippen LogP contribution in [-0.2, 0) is 0 Å². The smallest absolute Gasteiger partial charge is 0.113 e. The van der Waals surface area contributed by atoms with Crippen LogP contribution in [0.5, 0.6) is 0 Å². The Bertz CT molecular complexity index is 20.0. The van der Waals surface area contributed by atoms with E-state index in [1.54, 1.807) is 5.70 Å². The van der Waals surface area contributed by atoms with E-state index >= 15 is 0 Å². The fourth-order valence-electron chi connectivity index (χ4n) is 0. The molecule has 2 heteroatoms. The summed E-state index contributed by atoms with van der Waals surface area (Å²) in [6.45, 7) is 3.42. The van der Waals surface area contributed by atoms with Crippen LogP contribution in [0, 0.1) is 0 Å². The van der Waals surface area contributed by atoms with Crippen molar-refractivity contribution in [3.63, 3.8) is 0 Å². The Balaban J connectivity index is 2.30. The summed E-state index contributed by atoms with van der Waals surface area (Å²) in [6.07, 6.45) is 0. The third kappa shape index (κ3) is 1.92. The monoisotopic (exact) mass is 73.0 g/mol. The largest absolute Gasteiger partial charge is 0.353 e. The minimum atomic E-state index is -0.312. The highest BCUT2D eigenvalue weighted by Crippen LogP contribution is 1.34. The molecule has 0 atom stereocenters. The number of nitrogens with two attached hydrogens (primary N) is 1. The van der Waals surface area contributed by atoms with Gasteiger partial charge in [0.15, 0.2) is 0 Å². The fourth-order valence-corrected chi connectivity index (χ4v) is 0. The summed E-state index contributed by atoms with van der Waals surface area (Å²) in [7, 11) is -0.312. The summed E-state index contributed by atoms with van der Waals surface area (Å²) in [4.78, 5) is 0. The molecule has 0 aliphatic carbocycles. The van der Waals surface area contributed by atoms with Gasteiger partial charge in [0.25, 0.3) is 0 Å². The fraction of sp³-hybridized carbons (Fsp3) is 0. The van der Waals surface area contributed by atoms with Crippen molar-refractivity contribution in [1.29, 1.82) is 0 Å². The summed E-state index contributed by atoms with van der Waals surface area (Å²) in [5, 5.41) is 5.05. The van der Waals surface area contributed by atoms with Crippen LogP contribution in [0.4, 0.5) is 0 Å². The average Bonchev–Trinajstić information content (AvgIpc) is 1.37. The molecule has 24 valence electrons. The summed E-state index contributed by atoms with van der Waals surface area (Å²) in [5.41, 5.74) is 1.79. The van der Waals surface area contributed by atoms with Gasteiger partial charge in [-0.25, -0.2) is 0 Å². The molecule has 0 heterocycles. The topological polar surface area (TPSA) is 26.0 Å². The maximum atomic E-state index is 5.05. The molecule has 0 radical (unpaired) electrons. The van der Waals surface area contributed by atoms with Crippen molar-refractivity contribution in [2.24, 2.45) is 5.40 Å². The molecular formula is C2H7NSi. The molecule has 0 fully saturated rings. The highest BCUT2D eigenvalue weighted by atomic mass is 28.2. The second kappa shape index (κ2) is 2.92. The van der Waals surface area contributed by atoms with Crippen molar-refractivity contribution in [3.05, 3.63) is 12.3 Å². The van der Waals surface area contributed by atoms with Crippen LogP contribution in [-0.4, -0.2) is 9.68 Å². The zero-order chi connectivity index (χ0) is 3.41. The molecule has 4 heavy (non-hydrogen) atoms. The zero-order valence-electron chi connectivity index (χ0n) is 2.57.